The van der Waals surface area contributed by atoms with E-state index in [1.165, 1.54) is 4.68 Å². The van der Waals surface area contributed by atoms with Crippen molar-refractivity contribution < 1.29 is 28.2 Å². The number of nitrogens with one attached hydrogen (secondary N) is 7. The zero-order valence-electron chi connectivity index (χ0n) is 82.2. The van der Waals surface area contributed by atoms with Gasteiger partial charge in [-0.25, -0.2) is 68.1 Å². The van der Waals surface area contributed by atoms with E-state index in [1.54, 1.807) is 89.7 Å². The highest BCUT2D eigenvalue weighted by Gasteiger charge is 2.23. The van der Waals surface area contributed by atoms with Crippen LogP contribution < -0.4 is 75.9 Å². The van der Waals surface area contributed by atoms with Crippen LogP contribution in [-0.4, -0.2) is 150 Å². The van der Waals surface area contributed by atoms with Gasteiger partial charge in [0.15, 0.2) is 11.6 Å². The Morgan fingerprint density at radius 2 is 0.741 bits per heavy atom. The first-order valence-electron chi connectivity index (χ1n) is 47.2. The number of carbonyl (C=O) groups excluding carboxylic acids is 2. The smallest absolute Gasteiger partial charge is 0.269 e. The third-order valence-corrected chi connectivity index (χ3v) is 25.3. The number of sulfonamides is 1. The van der Waals surface area contributed by atoms with Gasteiger partial charge < -0.3 is 81.0 Å². The van der Waals surface area contributed by atoms with Crippen LogP contribution in [0.1, 0.15) is 55.3 Å². The molecule has 1 fully saturated rings. The number of primary sulfonamides is 1. The van der Waals surface area contributed by atoms with Gasteiger partial charge in [-0.05, 0) is 206 Å². The van der Waals surface area contributed by atoms with Crippen molar-refractivity contribution in [2.24, 2.45) is 12.2 Å². The highest BCUT2D eigenvalue weighted by molar-refractivity contribution is 7.88. The Morgan fingerprint density at radius 1 is 0.401 bits per heavy atom. The fourth-order valence-corrected chi connectivity index (χ4v) is 17.7. The minimum Gasteiger partial charge on any atom is -0.394 e. The second-order valence-corrected chi connectivity index (χ2v) is 36.9. The number of piperazine rings is 1. The molecule has 0 saturated carbocycles. The Kier molecular flexibility index (Phi) is 30.3. The lowest BCUT2D eigenvalue weighted by Gasteiger charge is -2.27. The van der Waals surface area contributed by atoms with Gasteiger partial charge in [-0.3, -0.25) is 19.0 Å². The number of anilines is 16. The van der Waals surface area contributed by atoms with Crippen molar-refractivity contribution in [1.29, 1.82) is 0 Å². The van der Waals surface area contributed by atoms with E-state index in [9.17, 15) is 23.1 Å². The van der Waals surface area contributed by atoms with Gasteiger partial charge in [0, 0.05) is 154 Å². The fourth-order valence-electron chi connectivity index (χ4n) is 17.1. The number of carbonyl (C=O) groups is 2. The molecule has 0 radical (unpaired) electrons. The molecule has 1 aliphatic heterocycles. The van der Waals surface area contributed by atoms with Crippen molar-refractivity contribution in [3.8, 4) is 56.3 Å². The number of benzene rings is 7. The molecule has 1 saturated heterocycles. The number of aliphatic hydroxyl groups excluding tert-OH is 2. The highest BCUT2D eigenvalue weighted by Crippen LogP contribution is 2.38. The van der Waals surface area contributed by atoms with E-state index < -0.39 is 10.0 Å². The molecule has 0 aliphatic carbocycles. The first-order chi connectivity index (χ1) is 70.9. The fraction of sp³-hybridized carbons (Fsp3) is 0.155. The van der Waals surface area contributed by atoms with E-state index in [0.29, 0.717) is 107 Å². The predicted molar refractivity (Wildman–Crippen MR) is 587 cm³/mol. The van der Waals surface area contributed by atoms with Crippen LogP contribution in [-0.2, 0) is 40.7 Å². The molecule has 0 atom stereocenters. The Bertz CT molecular complexity index is 8430. The first kappa shape index (κ1) is 100. The zero-order valence-corrected chi connectivity index (χ0v) is 83.0. The minimum absolute atomic E-state index is 0.0168. The summed E-state index contributed by atoms with van der Waals surface area (Å²) in [5.74, 6) is 7.19. The maximum Gasteiger partial charge on any atom is 0.269 e. The van der Waals surface area contributed by atoms with Crippen LogP contribution in [0.2, 0.25) is 0 Å². The SMILES string of the molecule is CNC(=O)c1cc(Nc2cc3cc(-c4ccccc4C)nc(N)c3cn2)nn1C.Cc1cc(Nc2cc3cc(-c4ccccc4C)nc(N)c3cn2)n(CCO)n1.Cc1ccccc1-c1cc2cc(Nc3cc(C)n(CCO)n3)ncc2c(N)n1.Cc1ccccc1-c1cc2cc(Nc3ccc(CS(N)(=O)=O)cc3)ncc2c(N)n1.Cc1ccccc1-c1cc2cc(Nc3ccc(N4CCNCC4=O)cc3)ncc2c(N)n1. The molecular weight excluding hydrogens is 1870 g/mol. The lowest BCUT2D eigenvalue weighted by atomic mass is 10.0. The molecule has 147 heavy (non-hydrogen) atoms. The van der Waals surface area contributed by atoms with Crippen molar-refractivity contribution >= 4 is 168 Å². The van der Waals surface area contributed by atoms with Crippen molar-refractivity contribution in [3.05, 3.63) is 330 Å². The van der Waals surface area contributed by atoms with Crippen LogP contribution in [0.5, 0.6) is 0 Å². The Balaban J connectivity index is 0.000000126. The minimum atomic E-state index is -3.56. The summed E-state index contributed by atoms with van der Waals surface area (Å²) in [7, 11) is -0.264. The second kappa shape index (κ2) is 44.5. The molecule has 36 nitrogen and oxygen atoms in total. The number of aryl methyl sites for hydroxylation is 8. The van der Waals surface area contributed by atoms with E-state index in [1.807, 2.05) is 228 Å². The van der Waals surface area contributed by atoms with E-state index >= 15 is 0 Å². The first-order valence-corrected chi connectivity index (χ1v) is 48.9. The number of rotatable bonds is 23. The summed E-state index contributed by atoms with van der Waals surface area (Å²) < 4.78 is 27.4. The van der Waals surface area contributed by atoms with E-state index in [0.717, 1.165) is 179 Å². The third kappa shape index (κ3) is 24.0. The van der Waals surface area contributed by atoms with Gasteiger partial charge in [0.2, 0.25) is 15.9 Å². The molecule has 2 amide bonds. The third-order valence-electron chi connectivity index (χ3n) is 24.6. The van der Waals surface area contributed by atoms with Crippen LogP contribution in [0.4, 0.5) is 92.7 Å². The normalized spacial score (nSPS) is 11.8. The summed E-state index contributed by atoms with van der Waals surface area (Å²) in [5.41, 5.74) is 51.5. The Morgan fingerprint density at radius 3 is 1.09 bits per heavy atom. The largest absolute Gasteiger partial charge is 0.394 e. The second-order valence-electron chi connectivity index (χ2n) is 35.2. The number of aromatic nitrogens is 16. The average molecular weight is 1980 g/mol. The molecule has 14 heterocycles. The van der Waals surface area contributed by atoms with Crippen molar-refractivity contribution in [1.82, 2.24) is 89.8 Å². The molecular formula is C110H110N30O6S. The molecule has 0 unspecified atom stereocenters. The van der Waals surface area contributed by atoms with Crippen LogP contribution in [0.15, 0.2) is 280 Å². The zero-order chi connectivity index (χ0) is 103. The Hall–Kier alpha value is -18.3. The summed E-state index contributed by atoms with van der Waals surface area (Å²) in [6, 6.07) is 80.5. The summed E-state index contributed by atoms with van der Waals surface area (Å²) in [6.45, 7) is 16.9. The number of amides is 2. The Labute approximate surface area is 847 Å². The van der Waals surface area contributed by atoms with Gasteiger partial charge in [0.25, 0.3) is 5.91 Å². The summed E-state index contributed by atoms with van der Waals surface area (Å²) in [5, 5.41) is 67.1. The number of hydrogen-bond donors (Lipinski definition) is 15. The predicted octanol–water partition coefficient (Wildman–Crippen LogP) is 17.5. The number of fused-ring (bicyclic) bond motifs is 5. The molecule has 37 heteroatoms. The quantitative estimate of drug-likeness (QED) is 0.0283. The molecule has 0 bridgehead atoms. The summed E-state index contributed by atoms with van der Waals surface area (Å²) in [6.07, 6.45) is 8.57. The van der Waals surface area contributed by atoms with Crippen molar-refractivity contribution in [2.75, 3.05) is 100 Å². The van der Waals surface area contributed by atoms with Crippen LogP contribution >= 0.6 is 0 Å². The summed E-state index contributed by atoms with van der Waals surface area (Å²) >= 11 is 0. The van der Waals surface area contributed by atoms with Gasteiger partial charge >= 0.3 is 0 Å². The molecule has 20 aromatic rings. The lowest BCUT2D eigenvalue weighted by Crippen LogP contribution is -2.48. The van der Waals surface area contributed by atoms with Gasteiger partial charge in [-0.15, -0.1) is 0 Å². The van der Waals surface area contributed by atoms with E-state index in [-0.39, 0.29) is 30.8 Å². The maximum atomic E-state index is 12.1. The van der Waals surface area contributed by atoms with Crippen LogP contribution in [0.3, 0.4) is 0 Å². The lowest BCUT2D eigenvalue weighted by molar-refractivity contribution is -0.118. The molecule has 742 valence electrons. The number of nitrogens with two attached hydrogens (primary N) is 6. The van der Waals surface area contributed by atoms with Crippen molar-refractivity contribution in [2.45, 2.75) is 67.3 Å². The number of hydrogen-bond acceptors (Lipinski definition) is 30. The van der Waals surface area contributed by atoms with Crippen molar-refractivity contribution in [3.63, 3.8) is 0 Å². The standard InChI is InChI=1S/C25H24N6O.C22H21N5O2S.C21H21N7O.2C21H22N6O/c1-16-4-2-3-5-20(16)22-12-17-13-23(28-14-21(17)25(26)30-22)29-18-6-8-19(9-7-18)31-11-10-27-15-24(31)32;1-14-4-2-3-5-18(14)20-10-16-11-21(25-12-19(16)22(23)27-20)26-17-8-6-15(7-9-17)13-30(24,28)29;1-12-6-4-5-7-14(12)16-8-13-9-18(24-11-15(13)20(22)25-16)26-19-10-17(21(29)23-2)28(3)27-19;1-13-5-3-4-6-16(13)18-10-15-11-19(23-12-17(15)21(22)24-18)25-20-9-14(2)27(26-20)7-8-28;1-13-5-3-4-6-16(13)18-10-15-11-19(23-12-17(15)21(22)24-18)25-20-9-14(2)26-27(20)7-8-28/h2-9,12-14,27H,10-11,15H2,1H3,(H2,26,30)(H,28,29);2-12H,13H2,1H3,(H2,23,27)(H,25,26)(H2,24,28,29);4-11H,1-3H3,(H2,22,25)(H,23,29)(H,24,26,27);3-6,9-12,28H,7-8H2,1-2H3,(H2,22,24)(H,23,25,26);3-6,9-12,28H,7-8H2,1-2H3,(H2,22,24)(H,23,25). The average Bonchev–Trinajstić information content (AvgIpc) is 1.51. The molecule has 21 rings (SSSR count). The van der Waals surface area contributed by atoms with Gasteiger partial charge in [0.05, 0.1) is 72.8 Å². The number of nitrogen functional groups attached to an aromatic ring is 5. The maximum absolute atomic E-state index is 12.1. The van der Waals surface area contributed by atoms with E-state index in [2.05, 4.69) is 141 Å². The number of nitrogens with zero attached hydrogens (tertiary/aromatic N) is 17. The van der Waals surface area contributed by atoms with E-state index in [4.69, 9.17) is 38.9 Å². The van der Waals surface area contributed by atoms with Gasteiger partial charge in [0.1, 0.15) is 69.7 Å². The highest BCUT2D eigenvalue weighted by atomic mass is 32.2. The molecule has 21 N–H and O–H groups in total. The molecule has 0 spiro atoms. The van der Waals surface area contributed by atoms with Crippen LogP contribution in [0.25, 0.3) is 110 Å². The summed E-state index contributed by atoms with van der Waals surface area (Å²) in [4.78, 5) is 70.8. The van der Waals surface area contributed by atoms with Gasteiger partial charge in [-0.2, -0.15) is 15.3 Å². The molecule has 7 aromatic carbocycles. The monoisotopic (exact) mass is 1980 g/mol. The van der Waals surface area contributed by atoms with Crippen LogP contribution in [0, 0.1) is 48.5 Å². The topological polar surface area (TPSA) is 535 Å². The molecule has 1 aliphatic rings. The van der Waals surface area contributed by atoms with Gasteiger partial charge in [-0.1, -0.05) is 133 Å². The number of pyridine rings is 10. The molecule has 13 aromatic heterocycles. The number of aliphatic hydroxyl groups is 2.